The van der Waals surface area contributed by atoms with E-state index in [9.17, 15) is 22.8 Å². The van der Waals surface area contributed by atoms with E-state index >= 15 is 0 Å². The van der Waals surface area contributed by atoms with Gasteiger partial charge in [0, 0.05) is 29.6 Å². The average Bonchev–Trinajstić information content (AvgIpc) is 3.18. The zero-order valence-electron chi connectivity index (χ0n) is 19.3. The zero-order valence-corrected chi connectivity index (χ0v) is 20.8. The van der Waals surface area contributed by atoms with Gasteiger partial charge in [-0.2, -0.15) is 13.2 Å². The lowest BCUT2D eigenvalue weighted by molar-refractivity contribution is -0.137. The first-order valence-electron chi connectivity index (χ1n) is 11.3. The highest BCUT2D eigenvalue weighted by atomic mass is 35.5. The molecule has 0 aromatic heterocycles. The van der Waals surface area contributed by atoms with E-state index in [2.05, 4.69) is 5.32 Å². The van der Waals surface area contributed by atoms with E-state index in [-0.39, 0.29) is 31.3 Å². The number of nitrogens with zero attached hydrogens (tertiary/aromatic N) is 1. The fraction of sp³-hybridized carbons (Fsp3) is 0.259. The molecule has 4 rings (SSSR count). The van der Waals surface area contributed by atoms with Crippen molar-refractivity contribution < 1.29 is 22.8 Å². The normalized spacial score (nSPS) is 16.8. The third-order valence-electron chi connectivity index (χ3n) is 6.25. The summed E-state index contributed by atoms with van der Waals surface area (Å²) in [5.41, 5.74) is 2.13. The van der Waals surface area contributed by atoms with Gasteiger partial charge in [-0.25, -0.2) is 0 Å². The highest BCUT2D eigenvalue weighted by molar-refractivity contribution is 6.30. The number of amides is 2. The number of aryl methyl sites for hydroxylation is 1. The summed E-state index contributed by atoms with van der Waals surface area (Å²) in [7, 11) is 0. The van der Waals surface area contributed by atoms with Gasteiger partial charge in [0.15, 0.2) is 0 Å². The van der Waals surface area contributed by atoms with E-state index in [0.29, 0.717) is 15.6 Å². The molecule has 0 aliphatic carbocycles. The Kier molecular flexibility index (Phi) is 7.62. The first-order valence-corrected chi connectivity index (χ1v) is 12.0. The molecule has 1 N–H and O–H groups in total. The van der Waals surface area contributed by atoms with E-state index in [4.69, 9.17) is 23.2 Å². The van der Waals surface area contributed by atoms with E-state index in [0.717, 1.165) is 28.8 Å². The Morgan fingerprint density at radius 1 is 1.06 bits per heavy atom. The fourth-order valence-corrected chi connectivity index (χ4v) is 4.74. The SMILES string of the molecule is Cc1cc(Cl)ccc1C(NC(=O)C1CC(=O)N(Cc2cccc(C(F)(F)F)c2)C1)c1ccc(Cl)cc1. The minimum absolute atomic E-state index is 0.00341. The standard InChI is InChI=1S/C27H23Cl2F3N2O2/c1-16-11-22(29)9-10-23(16)25(18-5-7-21(28)8-6-18)33-26(36)19-13-24(35)34(15-19)14-17-3-2-4-20(12-17)27(30,31)32/h2-12,19,25H,13-15H2,1H3,(H,33,36). The maximum absolute atomic E-state index is 13.3. The number of carbonyl (C=O) groups excluding carboxylic acids is 2. The molecule has 2 atom stereocenters. The van der Waals surface area contributed by atoms with E-state index in [1.54, 1.807) is 18.2 Å². The molecule has 188 valence electrons. The highest BCUT2D eigenvalue weighted by Gasteiger charge is 2.36. The van der Waals surface area contributed by atoms with Crippen molar-refractivity contribution in [3.05, 3.63) is 105 Å². The molecule has 36 heavy (non-hydrogen) atoms. The second-order valence-electron chi connectivity index (χ2n) is 8.87. The summed E-state index contributed by atoms with van der Waals surface area (Å²) < 4.78 is 39.2. The molecule has 1 aliphatic rings. The van der Waals surface area contributed by atoms with Gasteiger partial charge in [-0.3, -0.25) is 9.59 Å². The molecule has 0 radical (unpaired) electrons. The number of halogens is 5. The van der Waals surface area contributed by atoms with Gasteiger partial charge in [-0.1, -0.05) is 53.5 Å². The van der Waals surface area contributed by atoms with Crippen LogP contribution >= 0.6 is 23.2 Å². The van der Waals surface area contributed by atoms with Gasteiger partial charge in [0.05, 0.1) is 17.5 Å². The Morgan fingerprint density at radius 3 is 2.42 bits per heavy atom. The molecule has 4 nitrogen and oxygen atoms in total. The van der Waals surface area contributed by atoms with Crippen molar-refractivity contribution in [2.75, 3.05) is 6.54 Å². The van der Waals surface area contributed by atoms with Crippen molar-refractivity contribution in [3.63, 3.8) is 0 Å². The Balaban J connectivity index is 1.51. The van der Waals surface area contributed by atoms with Crippen molar-refractivity contribution >= 4 is 35.0 Å². The maximum Gasteiger partial charge on any atom is 0.416 e. The van der Waals surface area contributed by atoms with Crippen molar-refractivity contribution in [1.29, 1.82) is 0 Å². The summed E-state index contributed by atoms with van der Waals surface area (Å²) >= 11 is 12.2. The lowest BCUT2D eigenvalue weighted by Crippen LogP contribution is -2.36. The van der Waals surface area contributed by atoms with Crippen LogP contribution in [0.25, 0.3) is 0 Å². The third-order valence-corrected chi connectivity index (χ3v) is 6.73. The molecule has 1 heterocycles. The monoisotopic (exact) mass is 534 g/mol. The van der Waals surface area contributed by atoms with E-state index in [1.165, 1.54) is 17.0 Å². The summed E-state index contributed by atoms with van der Waals surface area (Å²) in [4.78, 5) is 27.3. The first kappa shape index (κ1) is 26.0. The van der Waals surface area contributed by atoms with Gasteiger partial charge in [0.25, 0.3) is 0 Å². The van der Waals surface area contributed by atoms with Crippen molar-refractivity contribution in [1.82, 2.24) is 10.2 Å². The molecule has 1 fully saturated rings. The van der Waals surface area contributed by atoms with Crippen LogP contribution in [-0.4, -0.2) is 23.3 Å². The molecule has 9 heteroatoms. The summed E-state index contributed by atoms with van der Waals surface area (Å²) in [6, 6.07) is 16.9. The topological polar surface area (TPSA) is 49.4 Å². The smallest absolute Gasteiger partial charge is 0.345 e. The van der Waals surface area contributed by atoms with Gasteiger partial charge in [0.1, 0.15) is 0 Å². The molecule has 3 aromatic carbocycles. The minimum atomic E-state index is -4.47. The Labute approximate surface area is 217 Å². The van der Waals surface area contributed by atoms with Crippen molar-refractivity contribution in [2.24, 2.45) is 5.92 Å². The highest BCUT2D eigenvalue weighted by Crippen LogP contribution is 2.31. The Morgan fingerprint density at radius 2 is 1.75 bits per heavy atom. The number of carbonyl (C=O) groups is 2. The van der Waals surface area contributed by atoms with Crippen LogP contribution in [0, 0.1) is 12.8 Å². The molecular formula is C27H23Cl2F3N2O2. The van der Waals surface area contributed by atoms with Crippen LogP contribution in [0.5, 0.6) is 0 Å². The molecule has 0 spiro atoms. The number of nitrogens with one attached hydrogen (secondary N) is 1. The van der Waals surface area contributed by atoms with Crippen molar-refractivity contribution in [3.8, 4) is 0 Å². The zero-order chi connectivity index (χ0) is 26.0. The number of hydrogen-bond acceptors (Lipinski definition) is 2. The van der Waals surface area contributed by atoms with Crippen LogP contribution in [0.3, 0.4) is 0 Å². The van der Waals surface area contributed by atoms with Crippen LogP contribution < -0.4 is 5.32 Å². The van der Waals surface area contributed by atoms with Gasteiger partial charge in [-0.05, 0) is 65.6 Å². The van der Waals surface area contributed by atoms with Gasteiger partial charge in [-0.15, -0.1) is 0 Å². The summed E-state index contributed by atoms with van der Waals surface area (Å²) in [6.45, 7) is 2.02. The lowest BCUT2D eigenvalue weighted by atomic mass is 9.94. The van der Waals surface area contributed by atoms with Crippen LogP contribution in [0.1, 0.15) is 40.3 Å². The van der Waals surface area contributed by atoms with Gasteiger partial charge >= 0.3 is 6.18 Å². The van der Waals surface area contributed by atoms with Crippen LogP contribution in [0.4, 0.5) is 13.2 Å². The molecule has 2 unspecified atom stereocenters. The quantitative estimate of drug-likeness (QED) is 0.388. The van der Waals surface area contributed by atoms with Gasteiger partial charge < -0.3 is 10.2 Å². The van der Waals surface area contributed by atoms with E-state index < -0.39 is 23.7 Å². The number of likely N-dealkylation sites (tertiary alicyclic amines) is 1. The molecule has 0 saturated carbocycles. The molecule has 2 amide bonds. The Hall–Kier alpha value is -3.03. The molecule has 0 bridgehead atoms. The van der Waals surface area contributed by atoms with Crippen LogP contribution in [0.2, 0.25) is 10.0 Å². The summed E-state index contributed by atoms with van der Waals surface area (Å²) in [6.07, 6.45) is -4.48. The first-order chi connectivity index (χ1) is 17.0. The molecule has 3 aromatic rings. The predicted molar refractivity (Wildman–Crippen MR) is 133 cm³/mol. The van der Waals surface area contributed by atoms with Crippen molar-refractivity contribution in [2.45, 2.75) is 32.1 Å². The van der Waals surface area contributed by atoms with Crippen LogP contribution in [-0.2, 0) is 22.3 Å². The molecule has 1 saturated heterocycles. The summed E-state index contributed by atoms with van der Waals surface area (Å²) in [5, 5.41) is 4.18. The Bertz CT molecular complexity index is 1280. The average molecular weight is 535 g/mol. The molecule has 1 aliphatic heterocycles. The second-order valence-corrected chi connectivity index (χ2v) is 9.74. The summed E-state index contributed by atoms with van der Waals surface area (Å²) in [5.74, 6) is -1.23. The minimum Gasteiger partial charge on any atom is -0.345 e. The number of benzene rings is 3. The fourth-order valence-electron chi connectivity index (χ4n) is 4.39. The number of alkyl halides is 3. The largest absolute Gasteiger partial charge is 0.416 e. The third kappa shape index (κ3) is 6.02. The molecular weight excluding hydrogens is 512 g/mol. The second kappa shape index (κ2) is 10.5. The predicted octanol–water partition coefficient (Wildman–Crippen LogP) is 6.57. The number of rotatable bonds is 6. The van der Waals surface area contributed by atoms with Gasteiger partial charge in [0.2, 0.25) is 11.8 Å². The maximum atomic E-state index is 13.3. The number of hydrogen-bond donors (Lipinski definition) is 1. The van der Waals surface area contributed by atoms with E-state index in [1.807, 2.05) is 31.2 Å². The lowest BCUT2D eigenvalue weighted by Gasteiger charge is -2.24. The van der Waals surface area contributed by atoms with Crippen LogP contribution in [0.15, 0.2) is 66.7 Å².